The molecule has 2 aromatic rings. The van der Waals surface area contributed by atoms with E-state index in [1.54, 1.807) is 6.07 Å². The van der Waals surface area contributed by atoms with Crippen molar-refractivity contribution in [1.82, 2.24) is 20.2 Å². The summed E-state index contributed by atoms with van der Waals surface area (Å²) in [5, 5.41) is 2.88. The lowest BCUT2D eigenvalue weighted by Gasteiger charge is -2.28. The molecule has 2 unspecified atom stereocenters. The lowest BCUT2D eigenvalue weighted by atomic mass is 10.1. The number of benzene rings is 1. The first-order valence-electron chi connectivity index (χ1n) is 8.49. The van der Waals surface area contributed by atoms with Gasteiger partial charge in [0.15, 0.2) is 9.84 Å². The predicted molar refractivity (Wildman–Crippen MR) is 94.0 cm³/mol. The van der Waals surface area contributed by atoms with E-state index in [0.29, 0.717) is 5.52 Å². The van der Waals surface area contributed by atoms with Crippen molar-refractivity contribution >= 4 is 26.8 Å². The first kappa shape index (κ1) is 16.4. The van der Waals surface area contributed by atoms with E-state index < -0.39 is 15.9 Å². The Kier molecular flexibility index (Phi) is 4.16. The standard InChI is InChI=1S/C17H20N4O3S/c22-17(14-9-18-12-5-1-2-6-13(12)19-14)20-15-10-25(23,24)11-16(15)21-7-3-4-8-21/h1-2,5-6,9,15-16H,3-4,7-8,10-11H2,(H,20,22). The Labute approximate surface area is 146 Å². The second-order valence-corrected chi connectivity index (χ2v) is 8.87. The third kappa shape index (κ3) is 3.36. The number of sulfone groups is 1. The summed E-state index contributed by atoms with van der Waals surface area (Å²) >= 11 is 0. The van der Waals surface area contributed by atoms with Gasteiger partial charge in [-0.15, -0.1) is 0 Å². The number of nitrogens with one attached hydrogen (secondary N) is 1. The molecule has 0 aliphatic carbocycles. The molecular weight excluding hydrogens is 340 g/mol. The molecule has 1 amide bonds. The van der Waals surface area contributed by atoms with E-state index in [-0.39, 0.29) is 29.1 Å². The van der Waals surface area contributed by atoms with E-state index in [9.17, 15) is 13.2 Å². The van der Waals surface area contributed by atoms with Gasteiger partial charge < -0.3 is 5.32 Å². The lowest BCUT2D eigenvalue weighted by Crippen LogP contribution is -2.50. The van der Waals surface area contributed by atoms with Gasteiger partial charge in [-0.05, 0) is 38.1 Å². The maximum atomic E-state index is 12.6. The van der Waals surface area contributed by atoms with Crippen LogP contribution in [0, 0.1) is 0 Å². The monoisotopic (exact) mass is 360 g/mol. The highest BCUT2D eigenvalue weighted by Crippen LogP contribution is 2.23. The molecule has 2 saturated heterocycles. The molecule has 0 spiro atoms. The summed E-state index contributed by atoms with van der Waals surface area (Å²) in [7, 11) is -3.14. The summed E-state index contributed by atoms with van der Waals surface area (Å²) in [6.07, 6.45) is 3.59. The summed E-state index contributed by atoms with van der Waals surface area (Å²) in [6.45, 7) is 1.78. The number of carbonyl (C=O) groups is 1. The quantitative estimate of drug-likeness (QED) is 0.863. The highest BCUT2D eigenvalue weighted by Gasteiger charge is 2.42. The maximum Gasteiger partial charge on any atom is 0.271 e. The number of amides is 1. The van der Waals surface area contributed by atoms with Gasteiger partial charge >= 0.3 is 0 Å². The Morgan fingerprint density at radius 2 is 1.84 bits per heavy atom. The van der Waals surface area contributed by atoms with Crippen molar-refractivity contribution in [3.63, 3.8) is 0 Å². The average Bonchev–Trinajstić information content (AvgIpc) is 3.22. The summed E-state index contributed by atoms with van der Waals surface area (Å²) in [6, 6.07) is 6.78. The van der Waals surface area contributed by atoms with Gasteiger partial charge in [0.1, 0.15) is 5.69 Å². The lowest BCUT2D eigenvalue weighted by molar-refractivity contribution is 0.0913. The van der Waals surface area contributed by atoms with Crippen molar-refractivity contribution in [3.8, 4) is 0 Å². The molecule has 4 rings (SSSR count). The Balaban J connectivity index is 1.55. The van der Waals surface area contributed by atoms with E-state index in [1.807, 2.05) is 18.2 Å². The number of para-hydroxylation sites is 2. The van der Waals surface area contributed by atoms with Gasteiger partial charge in [-0.1, -0.05) is 12.1 Å². The fraction of sp³-hybridized carbons (Fsp3) is 0.471. The van der Waals surface area contributed by atoms with Crippen LogP contribution in [0.3, 0.4) is 0 Å². The van der Waals surface area contributed by atoms with Crippen molar-refractivity contribution in [3.05, 3.63) is 36.2 Å². The fourth-order valence-electron chi connectivity index (χ4n) is 3.71. The van der Waals surface area contributed by atoms with Gasteiger partial charge in [0.05, 0.1) is 34.8 Å². The first-order valence-corrected chi connectivity index (χ1v) is 10.3. The Hall–Kier alpha value is -2.06. The molecule has 2 fully saturated rings. The van der Waals surface area contributed by atoms with Crippen LogP contribution in [0.1, 0.15) is 23.3 Å². The van der Waals surface area contributed by atoms with Gasteiger partial charge in [-0.2, -0.15) is 0 Å². The third-order valence-corrected chi connectivity index (χ3v) is 6.65. The van der Waals surface area contributed by atoms with Crippen LogP contribution < -0.4 is 5.32 Å². The summed E-state index contributed by atoms with van der Waals surface area (Å²) in [5.74, 6) is -0.271. The smallest absolute Gasteiger partial charge is 0.271 e. The minimum atomic E-state index is -3.14. The van der Waals surface area contributed by atoms with Crippen LogP contribution in [0.4, 0.5) is 0 Å². The number of aromatic nitrogens is 2. The predicted octanol–water partition coefficient (Wildman–Crippen LogP) is 0.621. The number of likely N-dealkylation sites (tertiary alicyclic amines) is 1. The SMILES string of the molecule is O=C(NC1CS(=O)(=O)CC1N1CCCC1)c1cnc2ccccc2n1. The zero-order valence-electron chi connectivity index (χ0n) is 13.8. The van der Waals surface area contributed by atoms with E-state index in [4.69, 9.17) is 0 Å². The largest absolute Gasteiger partial charge is 0.345 e. The van der Waals surface area contributed by atoms with Gasteiger partial charge in [0.25, 0.3) is 5.91 Å². The molecule has 0 bridgehead atoms. The molecule has 25 heavy (non-hydrogen) atoms. The minimum absolute atomic E-state index is 0.0130. The van der Waals surface area contributed by atoms with Crippen LogP contribution >= 0.6 is 0 Å². The molecule has 7 nitrogen and oxygen atoms in total. The van der Waals surface area contributed by atoms with Crippen LogP contribution in [0.15, 0.2) is 30.5 Å². The molecule has 2 aliphatic rings. The summed E-state index contributed by atoms with van der Waals surface area (Å²) in [5.41, 5.74) is 1.57. The van der Waals surface area contributed by atoms with E-state index in [1.165, 1.54) is 6.20 Å². The fourth-order valence-corrected chi connectivity index (χ4v) is 5.66. The molecule has 132 valence electrons. The van der Waals surface area contributed by atoms with E-state index >= 15 is 0 Å². The zero-order valence-corrected chi connectivity index (χ0v) is 14.6. The average molecular weight is 360 g/mol. The van der Waals surface area contributed by atoms with Crippen molar-refractivity contribution in [2.75, 3.05) is 24.6 Å². The molecule has 0 radical (unpaired) electrons. The summed E-state index contributed by atoms with van der Waals surface area (Å²) < 4.78 is 24.2. The summed E-state index contributed by atoms with van der Waals surface area (Å²) in [4.78, 5) is 23.4. The number of hydrogen-bond donors (Lipinski definition) is 1. The number of fused-ring (bicyclic) bond motifs is 1. The van der Waals surface area contributed by atoms with Crippen LogP contribution in [-0.2, 0) is 9.84 Å². The van der Waals surface area contributed by atoms with Crippen LogP contribution in [-0.4, -0.2) is 65.9 Å². The normalized spacial score (nSPS) is 26.1. The minimum Gasteiger partial charge on any atom is -0.345 e. The van der Waals surface area contributed by atoms with Crippen LogP contribution in [0.25, 0.3) is 11.0 Å². The zero-order chi connectivity index (χ0) is 17.4. The van der Waals surface area contributed by atoms with Crippen molar-refractivity contribution in [2.45, 2.75) is 24.9 Å². The number of nitrogens with zero attached hydrogens (tertiary/aromatic N) is 3. The molecule has 2 aliphatic heterocycles. The van der Waals surface area contributed by atoms with Crippen molar-refractivity contribution in [1.29, 1.82) is 0 Å². The van der Waals surface area contributed by atoms with Crippen molar-refractivity contribution in [2.24, 2.45) is 0 Å². The molecule has 2 atom stereocenters. The highest BCUT2D eigenvalue weighted by atomic mass is 32.2. The first-order chi connectivity index (χ1) is 12.0. The molecule has 1 aromatic carbocycles. The van der Waals surface area contributed by atoms with Crippen LogP contribution in [0.5, 0.6) is 0 Å². The third-order valence-electron chi connectivity index (χ3n) is 4.93. The van der Waals surface area contributed by atoms with E-state index in [2.05, 4.69) is 20.2 Å². The second-order valence-electron chi connectivity index (χ2n) is 6.71. The Bertz CT molecular complexity index is 909. The molecule has 0 saturated carbocycles. The molecule has 1 aromatic heterocycles. The van der Waals surface area contributed by atoms with Crippen LogP contribution in [0.2, 0.25) is 0 Å². The highest BCUT2D eigenvalue weighted by molar-refractivity contribution is 7.91. The molecule has 8 heteroatoms. The van der Waals surface area contributed by atoms with Crippen molar-refractivity contribution < 1.29 is 13.2 Å². The molecule has 3 heterocycles. The number of rotatable bonds is 3. The topological polar surface area (TPSA) is 92.3 Å². The van der Waals surface area contributed by atoms with Gasteiger partial charge in [-0.25, -0.2) is 13.4 Å². The van der Waals surface area contributed by atoms with Gasteiger partial charge in [0.2, 0.25) is 0 Å². The second kappa shape index (κ2) is 6.34. The van der Waals surface area contributed by atoms with E-state index in [0.717, 1.165) is 31.4 Å². The van der Waals surface area contributed by atoms with Gasteiger partial charge in [0, 0.05) is 6.04 Å². The molecule has 1 N–H and O–H groups in total. The maximum absolute atomic E-state index is 12.6. The van der Waals surface area contributed by atoms with Gasteiger partial charge in [-0.3, -0.25) is 14.7 Å². The number of carbonyl (C=O) groups excluding carboxylic acids is 1. The Morgan fingerprint density at radius 1 is 1.12 bits per heavy atom. The Morgan fingerprint density at radius 3 is 2.60 bits per heavy atom. The molecular formula is C17H20N4O3S. The number of hydrogen-bond acceptors (Lipinski definition) is 6.